The molecule has 0 unspecified atom stereocenters. The van der Waals surface area contributed by atoms with Crippen LogP contribution in [0.2, 0.25) is 5.02 Å². The Hall–Kier alpha value is -2.99. The number of alkyl halides is 3. The summed E-state index contributed by atoms with van der Waals surface area (Å²) < 4.78 is 40.6. The highest BCUT2D eigenvalue weighted by Crippen LogP contribution is 2.35. The second-order valence-corrected chi connectivity index (χ2v) is 8.34. The van der Waals surface area contributed by atoms with Crippen LogP contribution in [-0.2, 0) is 13.2 Å². The fourth-order valence-corrected chi connectivity index (χ4v) is 3.97. The van der Waals surface area contributed by atoms with Gasteiger partial charge in [0.2, 0.25) is 5.95 Å². The van der Waals surface area contributed by atoms with Crippen LogP contribution in [0.5, 0.6) is 0 Å². The van der Waals surface area contributed by atoms with Crippen molar-refractivity contribution in [2.45, 2.75) is 25.4 Å². The number of hydrogen-bond acceptors (Lipinski definition) is 7. The Kier molecular flexibility index (Phi) is 6.84. The summed E-state index contributed by atoms with van der Waals surface area (Å²) in [6.45, 7) is 1.80. The van der Waals surface area contributed by atoms with Crippen LogP contribution in [-0.4, -0.2) is 38.3 Å². The van der Waals surface area contributed by atoms with Crippen LogP contribution in [0.4, 0.5) is 24.9 Å². The Bertz CT molecular complexity index is 1160. The molecule has 2 N–H and O–H groups in total. The average Bonchev–Trinajstić information content (AvgIpc) is 3.35. The van der Waals surface area contributed by atoms with E-state index in [2.05, 4.69) is 25.6 Å². The van der Waals surface area contributed by atoms with Gasteiger partial charge in [-0.3, -0.25) is 9.59 Å². The Morgan fingerprint density at radius 3 is 2.56 bits per heavy atom. The van der Waals surface area contributed by atoms with Crippen LogP contribution in [0.25, 0.3) is 0 Å². The molecule has 8 nitrogen and oxygen atoms in total. The van der Waals surface area contributed by atoms with E-state index in [1.54, 1.807) is 25.6 Å². The summed E-state index contributed by atoms with van der Waals surface area (Å²) >= 11 is 6.58. The number of thiazole rings is 1. The van der Waals surface area contributed by atoms with E-state index in [1.807, 2.05) is 0 Å². The number of imidazole rings is 1. The lowest BCUT2D eigenvalue weighted by molar-refractivity contribution is -0.137. The lowest BCUT2D eigenvalue weighted by Gasteiger charge is -2.10. The molecule has 3 aromatic rings. The van der Waals surface area contributed by atoms with Crippen molar-refractivity contribution in [3.8, 4) is 0 Å². The van der Waals surface area contributed by atoms with Crippen LogP contribution in [0.15, 0.2) is 24.7 Å². The zero-order valence-corrected chi connectivity index (χ0v) is 18.7. The van der Waals surface area contributed by atoms with Gasteiger partial charge in [0.15, 0.2) is 5.78 Å². The van der Waals surface area contributed by atoms with Crippen molar-refractivity contribution in [3.05, 3.63) is 50.8 Å². The second kappa shape index (κ2) is 9.25. The van der Waals surface area contributed by atoms with Gasteiger partial charge in [-0.15, -0.1) is 11.3 Å². The van der Waals surface area contributed by atoms with Crippen molar-refractivity contribution in [2.75, 3.05) is 17.7 Å². The molecule has 170 valence electrons. The standard InChI is InChI=1S/C19H18ClF3N6O2S/c1-9(4-13(30)12-7-27-18(24-2)29(12)3)17-26-8-14(32-17)16(31)28-15-5-10(19(21,22)23)11(20)6-25-15/h5-9H,4H2,1-3H3,(H,24,27)(H,25,28,31)/t9-/m0/s1. The number of nitrogens with zero attached hydrogens (tertiary/aromatic N) is 4. The smallest absolute Gasteiger partial charge is 0.359 e. The minimum Gasteiger partial charge on any atom is -0.359 e. The molecule has 0 saturated carbocycles. The number of pyridine rings is 1. The summed E-state index contributed by atoms with van der Waals surface area (Å²) in [5, 5.41) is 5.16. The highest BCUT2D eigenvalue weighted by Gasteiger charge is 2.34. The predicted molar refractivity (Wildman–Crippen MR) is 114 cm³/mol. The van der Waals surface area contributed by atoms with E-state index in [0.29, 0.717) is 22.7 Å². The van der Waals surface area contributed by atoms with E-state index >= 15 is 0 Å². The molecule has 0 saturated heterocycles. The number of anilines is 2. The van der Waals surface area contributed by atoms with E-state index in [4.69, 9.17) is 11.6 Å². The predicted octanol–water partition coefficient (Wildman–Crippen LogP) is 4.61. The number of amides is 1. The summed E-state index contributed by atoms with van der Waals surface area (Å²) in [6, 6.07) is 0.663. The number of carbonyl (C=O) groups excluding carboxylic acids is 2. The van der Waals surface area contributed by atoms with Gasteiger partial charge in [0.05, 0.1) is 28.0 Å². The first-order chi connectivity index (χ1) is 15.0. The minimum absolute atomic E-state index is 0.139. The molecule has 1 amide bonds. The number of carbonyl (C=O) groups is 2. The van der Waals surface area contributed by atoms with Gasteiger partial charge in [-0.2, -0.15) is 13.2 Å². The SMILES string of the molecule is CNc1ncc(C(=O)C[C@H](C)c2ncc(C(=O)Nc3cc(C(F)(F)F)c(Cl)cn3)s2)n1C. The molecule has 0 aliphatic carbocycles. The molecule has 0 aliphatic rings. The third-order valence-corrected chi connectivity index (χ3v) is 6.09. The van der Waals surface area contributed by atoms with Gasteiger partial charge in [0.25, 0.3) is 5.91 Å². The molecule has 3 aromatic heterocycles. The van der Waals surface area contributed by atoms with Crippen molar-refractivity contribution in [1.29, 1.82) is 0 Å². The topological polar surface area (TPSA) is 102 Å². The monoisotopic (exact) mass is 486 g/mol. The molecule has 3 heterocycles. The summed E-state index contributed by atoms with van der Waals surface area (Å²) in [5.74, 6) is -0.826. The zero-order valence-electron chi connectivity index (χ0n) is 17.1. The molecule has 32 heavy (non-hydrogen) atoms. The number of Topliss-reactive ketones (excluding diaryl/α,β-unsaturated/α-hetero) is 1. The zero-order chi connectivity index (χ0) is 23.6. The van der Waals surface area contributed by atoms with E-state index in [1.165, 1.54) is 12.4 Å². The van der Waals surface area contributed by atoms with E-state index in [0.717, 1.165) is 17.5 Å². The molecule has 3 rings (SSSR count). The summed E-state index contributed by atoms with van der Waals surface area (Å²) in [7, 11) is 3.42. The van der Waals surface area contributed by atoms with Gasteiger partial charge >= 0.3 is 6.18 Å². The summed E-state index contributed by atoms with van der Waals surface area (Å²) in [4.78, 5) is 37.2. The van der Waals surface area contributed by atoms with Crippen LogP contribution in [0.1, 0.15) is 50.0 Å². The van der Waals surface area contributed by atoms with Crippen molar-refractivity contribution in [3.63, 3.8) is 0 Å². The van der Waals surface area contributed by atoms with Crippen molar-refractivity contribution in [1.82, 2.24) is 19.5 Å². The van der Waals surface area contributed by atoms with Gasteiger partial charge in [-0.25, -0.2) is 15.0 Å². The molecule has 0 bridgehead atoms. The fourth-order valence-electron chi connectivity index (χ4n) is 2.89. The first-order valence-electron chi connectivity index (χ1n) is 9.23. The number of halogens is 4. The van der Waals surface area contributed by atoms with Crippen molar-refractivity contribution < 1.29 is 22.8 Å². The highest BCUT2D eigenvalue weighted by atomic mass is 35.5. The molecule has 0 aromatic carbocycles. The van der Waals surface area contributed by atoms with Gasteiger partial charge < -0.3 is 15.2 Å². The number of nitrogens with one attached hydrogen (secondary N) is 2. The largest absolute Gasteiger partial charge is 0.418 e. The maximum Gasteiger partial charge on any atom is 0.418 e. The molecule has 1 atom stereocenters. The van der Waals surface area contributed by atoms with Gasteiger partial charge in [-0.05, 0) is 6.07 Å². The normalized spacial score (nSPS) is 12.5. The molecular formula is C19H18ClF3N6O2S. The summed E-state index contributed by atoms with van der Waals surface area (Å²) in [6.07, 6.45) is -0.925. The van der Waals surface area contributed by atoms with E-state index < -0.39 is 22.7 Å². The van der Waals surface area contributed by atoms with Gasteiger partial charge in [-0.1, -0.05) is 18.5 Å². The summed E-state index contributed by atoms with van der Waals surface area (Å²) in [5.41, 5.74) is -0.664. The Labute approximate surface area is 189 Å². The molecule has 0 fully saturated rings. The van der Waals surface area contributed by atoms with Crippen LogP contribution < -0.4 is 10.6 Å². The number of ketones is 1. The Morgan fingerprint density at radius 1 is 1.22 bits per heavy atom. The number of aromatic nitrogens is 4. The quantitative estimate of drug-likeness (QED) is 0.473. The molecule has 13 heteroatoms. The molecule has 0 aliphatic heterocycles. The first kappa shape index (κ1) is 23.7. The highest BCUT2D eigenvalue weighted by molar-refractivity contribution is 7.13. The third-order valence-electron chi connectivity index (χ3n) is 4.56. The fraction of sp³-hybridized carbons (Fsp3) is 0.316. The number of hydrogen-bond donors (Lipinski definition) is 2. The molecule has 0 radical (unpaired) electrons. The average molecular weight is 487 g/mol. The first-order valence-corrected chi connectivity index (χ1v) is 10.4. The van der Waals surface area contributed by atoms with Gasteiger partial charge in [0, 0.05) is 32.6 Å². The van der Waals surface area contributed by atoms with Gasteiger partial charge in [0.1, 0.15) is 16.4 Å². The molecule has 0 spiro atoms. The van der Waals surface area contributed by atoms with Crippen LogP contribution >= 0.6 is 22.9 Å². The third kappa shape index (κ3) is 5.07. The van der Waals surface area contributed by atoms with Crippen LogP contribution in [0, 0.1) is 0 Å². The maximum absolute atomic E-state index is 13.0. The minimum atomic E-state index is -4.68. The lowest BCUT2D eigenvalue weighted by atomic mass is 10.0. The molecular weight excluding hydrogens is 469 g/mol. The van der Waals surface area contributed by atoms with Crippen molar-refractivity contribution in [2.24, 2.45) is 7.05 Å². The number of rotatable bonds is 7. The van der Waals surface area contributed by atoms with E-state index in [-0.39, 0.29) is 28.8 Å². The second-order valence-electron chi connectivity index (χ2n) is 6.87. The van der Waals surface area contributed by atoms with E-state index in [9.17, 15) is 22.8 Å². The Balaban J connectivity index is 1.69. The van der Waals surface area contributed by atoms with Crippen LogP contribution in [0.3, 0.4) is 0 Å². The lowest BCUT2D eigenvalue weighted by Crippen LogP contribution is -2.13. The maximum atomic E-state index is 13.0. The van der Waals surface area contributed by atoms with Crippen molar-refractivity contribution >= 4 is 46.4 Å². The Morgan fingerprint density at radius 2 is 1.94 bits per heavy atom.